The van der Waals surface area contributed by atoms with Crippen LogP contribution in [-0.4, -0.2) is 18.6 Å². The molecule has 0 spiro atoms. The largest absolute Gasteiger partial charge is 0.508 e. The SMILES string of the molecule is Cc1ccc(O)cc1S(=O)(=O)c1ccccc1O. The van der Waals surface area contributed by atoms with Gasteiger partial charge in [0.25, 0.3) is 0 Å². The monoisotopic (exact) mass is 264 g/mol. The Kier molecular flexibility index (Phi) is 3.00. The fourth-order valence-electron chi connectivity index (χ4n) is 1.68. The van der Waals surface area contributed by atoms with Gasteiger partial charge < -0.3 is 10.2 Å². The molecule has 2 N–H and O–H groups in total. The van der Waals surface area contributed by atoms with Gasteiger partial charge in [0.2, 0.25) is 9.84 Å². The van der Waals surface area contributed by atoms with Crippen LogP contribution in [0.3, 0.4) is 0 Å². The molecule has 2 rings (SSSR count). The Labute approximate surface area is 105 Å². The van der Waals surface area contributed by atoms with Crippen LogP contribution in [-0.2, 0) is 9.84 Å². The second-order valence-corrected chi connectivity index (χ2v) is 5.81. The Balaban J connectivity index is 2.70. The van der Waals surface area contributed by atoms with E-state index < -0.39 is 9.84 Å². The van der Waals surface area contributed by atoms with Crippen LogP contribution in [0.4, 0.5) is 0 Å². The number of aromatic hydroxyl groups is 2. The van der Waals surface area contributed by atoms with E-state index in [1.165, 1.54) is 36.4 Å². The molecule has 0 atom stereocenters. The first-order chi connectivity index (χ1) is 8.43. The molecule has 0 unspecified atom stereocenters. The number of phenols is 2. The lowest BCUT2D eigenvalue weighted by molar-refractivity contribution is 0.458. The van der Waals surface area contributed by atoms with Gasteiger partial charge in [-0.2, -0.15) is 0 Å². The van der Waals surface area contributed by atoms with E-state index in [4.69, 9.17) is 0 Å². The summed E-state index contributed by atoms with van der Waals surface area (Å²) in [5.41, 5.74) is 0.510. The Morgan fingerprint density at radius 3 is 2.28 bits per heavy atom. The second kappa shape index (κ2) is 4.34. The topological polar surface area (TPSA) is 74.6 Å². The summed E-state index contributed by atoms with van der Waals surface area (Å²) in [6, 6.07) is 9.83. The van der Waals surface area contributed by atoms with Crippen LogP contribution in [0, 0.1) is 6.92 Å². The van der Waals surface area contributed by atoms with Crippen LogP contribution >= 0.6 is 0 Å². The summed E-state index contributed by atoms with van der Waals surface area (Å²) in [6.07, 6.45) is 0. The fraction of sp³-hybridized carbons (Fsp3) is 0.0769. The smallest absolute Gasteiger partial charge is 0.210 e. The molecule has 0 bridgehead atoms. The third-order valence-electron chi connectivity index (χ3n) is 2.62. The summed E-state index contributed by atoms with van der Waals surface area (Å²) < 4.78 is 24.7. The molecule has 18 heavy (non-hydrogen) atoms. The number of sulfone groups is 1. The Morgan fingerprint density at radius 1 is 0.944 bits per heavy atom. The lowest BCUT2D eigenvalue weighted by Crippen LogP contribution is -2.04. The maximum absolute atomic E-state index is 12.4. The average Bonchev–Trinajstić information content (AvgIpc) is 2.32. The molecule has 94 valence electrons. The number of aryl methyl sites for hydroxylation is 1. The molecule has 0 aliphatic heterocycles. The van der Waals surface area contributed by atoms with Gasteiger partial charge in [0.05, 0.1) is 4.90 Å². The van der Waals surface area contributed by atoms with Crippen LogP contribution in [0.2, 0.25) is 0 Å². The molecule has 0 aliphatic carbocycles. The van der Waals surface area contributed by atoms with Gasteiger partial charge in [-0.05, 0) is 36.8 Å². The van der Waals surface area contributed by atoms with Gasteiger partial charge >= 0.3 is 0 Å². The van der Waals surface area contributed by atoms with E-state index in [9.17, 15) is 18.6 Å². The molecule has 0 aliphatic rings. The third kappa shape index (κ3) is 2.04. The molecule has 0 aromatic heterocycles. The van der Waals surface area contributed by atoms with Crippen LogP contribution in [0.1, 0.15) is 5.56 Å². The quantitative estimate of drug-likeness (QED) is 0.872. The molecule has 2 aromatic rings. The first kappa shape index (κ1) is 12.4. The average molecular weight is 264 g/mol. The maximum atomic E-state index is 12.4. The number of hydrogen-bond donors (Lipinski definition) is 2. The van der Waals surface area contributed by atoms with Crippen molar-refractivity contribution in [2.45, 2.75) is 16.7 Å². The molecule has 2 aromatic carbocycles. The van der Waals surface area contributed by atoms with Crippen LogP contribution in [0.15, 0.2) is 52.3 Å². The van der Waals surface area contributed by atoms with E-state index in [0.29, 0.717) is 5.56 Å². The molecule has 0 fully saturated rings. The van der Waals surface area contributed by atoms with Crippen molar-refractivity contribution in [1.82, 2.24) is 0 Å². The number of rotatable bonds is 2. The fourth-order valence-corrected chi connectivity index (χ4v) is 3.29. The molecule has 0 saturated heterocycles. The Bertz CT molecular complexity index is 690. The minimum absolute atomic E-state index is 0.0102. The van der Waals surface area contributed by atoms with E-state index in [1.807, 2.05) is 0 Å². The zero-order valence-corrected chi connectivity index (χ0v) is 10.5. The Morgan fingerprint density at radius 2 is 1.61 bits per heavy atom. The van der Waals surface area contributed by atoms with Gasteiger partial charge in [-0.25, -0.2) is 8.42 Å². The zero-order valence-electron chi connectivity index (χ0n) is 9.66. The molecule has 0 heterocycles. The number of benzene rings is 2. The van der Waals surface area contributed by atoms with E-state index in [0.717, 1.165) is 0 Å². The van der Waals surface area contributed by atoms with E-state index in [2.05, 4.69) is 0 Å². The molecular formula is C13H12O4S. The van der Waals surface area contributed by atoms with Gasteiger partial charge in [0, 0.05) is 0 Å². The number of para-hydroxylation sites is 1. The van der Waals surface area contributed by atoms with Crippen molar-refractivity contribution in [1.29, 1.82) is 0 Å². The second-order valence-electron chi connectivity index (χ2n) is 3.92. The lowest BCUT2D eigenvalue weighted by Gasteiger charge is -2.09. The van der Waals surface area contributed by atoms with Crippen molar-refractivity contribution in [3.05, 3.63) is 48.0 Å². The van der Waals surface area contributed by atoms with Gasteiger partial charge in [-0.3, -0.25) is 0 Å². The highest BCUT2D eigenvalue weighted by atomic mass is 32.2. The van der Waals surface area contributed by atoms with Gasteiger partial charge in [0.15, 0.2) is 0 Å². The number of phenolic OH excluding ortho intramolecular Hbond substituents is 2. The molecule has 0 saturated carbocycles. The molecule has 5 heteroatoms. The lowest BCUT2D eigenvalue weighted by atomic mass is 10.2. The van der Waals surface area contributed by atoms with Crippen molar-refractivity contribution in [3.63, 3.8) is 0 Å². The summed E-state index contributed by atoms with van der Waals surface area (Å²) in [5, 5.41) is 19.0. The van der Waals surface area contributed by atoms with Crippen molar-refractivity contribution in [3.8, 4) is 11.5 Å². The Hall–Kier alpha value is -2.01. The molecule has 0 radical (unpaired) electrons. The van der Waals surface area contributed by atoms with Crippen molar-refractivity contribution >= 4 is 9.84 Å². The minimum atomic E-state index is -3.83. The maximum Gasteiger partial charge on any atom is 0.210 e. The van der Waals surface area contributed by atoms with Gasteiger partial charge in [-0.1, -0.05) is 18.2 Å². The standard InChI is InChI=1S/C13H12O4S/c1-9-6-7-10(14)8-13(9)18(16,17)12-5-3-2-4-11(12)15/h2-8,14-15H,1H3. The summed E-state index contributed by atoms with van der Waals surface area (Å²) in [5.74, 6) is -0.435. The highest BCUT2D eigenvalue weighted by Crippen LogP contribution is 2.31. The van der Waals surface area contributed by atoms with E-state index >= 15 is 0 Å². The summed E-state index contributed by atoms with van der Waals surface area (Å²) in [4.78, 5) is -0.178. The van der Waals surface area contributed by atoms with Gasteiger partial charge in [-0.15, -0.1) is 0 Å². The third-order valence-corrected chi connectivity index (χ3v) is 4.56. The first-order valence-electron chi connectivity index (χ1n) is 5.25. The predicted octanol–water partition coefficient (Wildman–Crippen LogP) is 2.24. The van der Waals surface area contributed by atoms with Crippen molar-refractivity contribution in [2.24, 2.45) is 0 Å². The highest BCUT2D eigenvalue weighted by molar-refractivity contribution is 7.91. The minimum Gasteiger partial charge on any atom is -0.508 e. The first-order valence-corrected chi connectivity index (χ1v) is 6.74. The van der Waals surface area contributed by atoms with Crippen LogP contribution < -0.4 is 0 Å². The number of hydrogen-bond acceptors (Lipinski definition) is 4. The van der Waals surface area contributed by atoms with Crippen LogP contribution in [0.5, 0.6) is 11.5 Å². The summed E-state index contributed by atoms with van der Waals surface area (Å²) >= 11 is 0. The van der Waals surface area contributed by atoms with Crippen LogP contribution in [0.25, 0.3) is 0 Å². The molecule has 0 amide bonds. The summed E-state index contributed by atoms with van der Waals surface area (Å²) in [6.45, 7) is 1.63. The molecule has 4 nitrogen and oxygen atoms in total. The highest BCUT2D eigenvalue weighted by Gasteiger charge is 2.23. The predicted molar refractivity (Wildman–Crippen MR) is 66.4 cm³/mol. The van der Waals surface area contributed by atoms with Crippen molar-refractivity contribution < 1.29 is 18.6 Å². The normalized spacial score (nSPS) is 11.4. The van der Waals surface area contributed by atoms with E-state index in [-0.39, 0.29) is 21.3 Å². The zero-order chi connectivity index (χ0) is 13.3. The van der Waals surface area contributed by atoms with Gasteiger partial charge in [0.1, 0.15) is 16.4 Å². The summed E-state index contributed by atoms with van der Waals surface area (Å²) in [7, 11) is -3.83. The van der Waals surface area contributed by atoms with E-state index in [1.54, 1.807) is 13.0 Å². The van der Waals surface area contributed by atoms with Crippen molar-refractivity contribution in [2.75, 3.05) is 0 Å². The molecular weight excluding hydrogens is 252 g/mol.